The van der Waals surface area contributed by atoms with E-state index < -0.39 is 10.0 Å². The smallest absolute Gasteiger partial charge is 0.232 e. The largest absolute Gasteiger partial charge is 0.309 e. The second-order valence-electron chi connectivity index (χ2n) is 8.86. The average Bonchev–Trinajstić information content (AvgIpc) is 3.38. The van der Waals surface area contributed by atoms with Gasteiger partial charge >= 0.3 is 0 Å². The molecule has 166 valence electrons. The van der Waals surface area contributed by atoms with Gasteiger partial charge in [-0.05, 0) is 42.9 Å². The molecule has 1 aromatic heterocycles. The predicted molar refractivity (Wildman–Crippen MR) is 125 cm³/mol. The molecule has 2 N–H and O–H groups in total. The van der Waals surface area contributed by atoms with Crippen molar-refractivity contribution in [2.45, 2.75) is 31.1 Å². The number of nitrogens with zero attached hydrogens (tertiary/aromatic N) is 2. The van der Waals surface area contributed by atoms with E-state index in [1.165, 1.54) is 10.6 Å². The van der Waals surface area contributed by atoms with Crippen molar-refractivity contribution in [1.29, 1.82) is 0 Å². The molecule has 5 rings (SSSR count). The van der Waals surface area contributed by atoms with Crippen molar-refractivity contribution in [1.82, 2.24) is 10.2 Å². The zero-order valence-corrected chi connectivity index (χ0v) is 18.7. The van der Waals surface area contributed by atoms with Gasteiger partial charge in [0.2, 0.25) is 15.9 Å². The van der Waals surface area contributed by atoms with Crippen molar-refractivity contribution in [2.75, 3.05) is 22.4 Å². The van der Waals surface area contributed by atoms with Crippen LogP contribution in [-0.4, -0.2) is 37.3 Å². The number of carbonyl (C=O) groups is 1. The SMILES string of the molecule is CS(=O)(=O)N1C[C@]2(CC[C@@H](C(=O)Nc3cc(-c4ccccc4)[nH]n3)CC2)c2ccccc21. The normalized spacial score (nSPS) is 22.7. The highest BCUT2D eigenvalue weighted by Crippen LogP contribution is 2.51. The van der Waals surface area contributed by atoms with Crippen LogP contribution in [0.25, 0.3) is 11.3 Å². The van der Waals surface area contributed by atoms with Crippen LogP contribution in [0, 0.1) is 5.92 Å². The van der Waals surface area contributed by atoms with Crippen molar-refractivity contribution in [3.8, 4) is 11.3 Å². The van der Waals surface area contributed by atoms with Gasteiger partial charge in [0.05, 0.1) is 17.6 Å². The van der Waals surface area contributed by atoms with Crippen LogP contribution in [0.2, 0.25) is 0 Å². The topological polar surface area (TPSA) is 95.2 Å². The van der Waals surface area contributed by atoms with Crippen LogP contribution in [0.3, 0.4) is 0 Å². The Morgan fingerprint density at radius 1 is 1.09 bits per heavy atom. The summed E-state index contributed by atoms with van der Waals surface area (Å²) in [5.74, 6) is 0.373. The van der Waals surface area contributed by atoms with Gasteiger partial charge in [-0.25, -0.2) is 8.42 Å². The first kappa shape index (κ1) is 20.8. The van der Waals surface area contributed by atoms with Crippen LogP contribution in [-0.2, 0) is 20.2 Å². The first-order valence-electron chi connectivity index (χ1n) is 10.8. The van der Waals surface area contributed by atoms with Crippen molar-refractivity contribution in [3.05, 3.63) is 66.2 Å². The Bertz CT molecular complexity index is 1250. The van der Waals surface area contributed by atoms with E-state index in [4.69, 9.17) is 0 Å². The number of anilines is 2. The number of benzene rings is 2. The fourth-order valence-electron chi connectivity index (χ4n) is 5.12. The van der Waals surface area contributed by atoms with Crippen molar-refractivity contribution in [3.63, 3.8) is 0 Å². The van der Waals surface area contributed by atoms with Gasteiger partial charge in [-0.2, -0.15) is 5.10 Å². The summed E-state index contributed by atoms with van der Waals surface area (Å²) in [7, 11) is -3.34. The molecular formula is C24H26N4O3S. The fraction of sp³-hybridized carbons (Fsp3) is 0.333. The summed E-state index contributed by atoms with van der Waals surface area (Å²) in [5.41, 5.74) is 3.51. The van der Waals surface area contributed by atoms with Crippen LogP contribution >= 0.6 is 0 Å². The van der Waals surface area contributed by atoms with E-state index in [1.54, 1.807) is 0 Å². The Morgan fingerprint density at radius 2 is 1.78 bits per heavy atom. The number of para-hydroxylation sites is 1. The molecule has 0 atom stereocenters. The van der Waals surface area contributed by atoms with Gasteiger partial charge in [-0.3, -0.25) is 14.2 Å². The molecule has 0 radical (unpaired) electrons. The van der Waals surface area contributed by atoms with Gasteiger partial charge in [0.15, 0.2) is 5.82 Å². The van der Waals surface area contributed by atoms with Gasteiger partial charge in [0, 0.05) is 23.9 Å². The number of hydrogen-bond donors (Lipinski definition) is 2. The summed E-state index contributed by atoms with van der Waals surface area (Å²) >= 11 is 0. The van der Waals surface area contributed by atoms with Crippen LogP contribution in [0.1, 0.15) is 31.2 Å². The quantitative estimate of drug-likeness (QED) is 0.630. The number of carbonyl (C=O) groups excluding carboxylic acids is 1. The Balaban J connectivity index is 1.27. The molecule has 0 unspecified atom stereocenters. The molecule has 2 aromatic carbocycles. The molecule has 8 heteroatoms. The summed E-state index contributed by atoms with van der Waals surface area (Å²) < 4.78 is 26.2. The molecule has 0 saturated heterocycles. The van der Waals surface area contributed by atoms with Crippen molar-refractivity contribution in [2.24, 2.45) is 5.92 Å². The highest BCUT2D eigenvalue weighted by Gasteiger charge is 2.47. The Hall–Kier alpha value is -3.13. The standard InChI is InChI=1S/C24H26N4O3S/c1-32(30,31)28-16-24(19-9-5-6-10-21(19)28)13-11-18(12-14-24)23(29)25-22-15-20(26-27-22)17-7-3-2-4-8-17/h2-10,15,18H,11-14,16H2,1H3,(H2,25,26,27,29)/t18-,24-. The lowest BCUT2D eigenvalue weighted by atomic mass is 9.67. The van der Waals surface area contributed by atoms with E-state index >= 15 is 0 Å². The summed E-state index contributed by atoms with van der Waals surface area (Å²) in [6, 6.07) is 19.4. The lowest BCUT2D eigenvalue weighted by molar-refractivity contribution is -0.121. The zero-order chi connectivity index (χ0) is 22.3. The maximum atomic E-state index is 12.9. The van der Waals surface area contributed by atoms with Crippen molar-refractivity contribution < 1.29 is 13.2 Å². The molecule has 0 bridgehead atoms. The minimum atomic E-state index is -3.34. The number of aromatic amines is 1. The number of hydrogen-bond acceptors (Lipinski definition) is 4. The Labute approximate surface area is 187 Å². The Morgan fingerprint density at radius 3 is 2.50 bits per heavy atom. The third-order valence-electron chi connectivity index (χ3n) is 6.82. The van der Waals surface area contributed by atoms with Crippen LogP contribution in [0.4, 0.5) is 11.5 Å². The van der Waals surface area contributed by atoms with E-state index in [1.807, 2.05) is 60.7 Å². The third-order valence-corrected chi connectivity index (χ3v) is 7.94. The summed E-state index contributed by atoms with van der Waals surface area (Å²) in [6.45, 7) is 0.458. The zero-order valence-electron chi connectivity index (χ0n) is 17.9. The summed E-state index contributed by atoms with van der Waals surface area (Å²) in [5, 5.41) is 10.2. The number of H-pyrrole nitrogens is 1. The number of aromatic nitrogens is 2. The van der Waals surface area contributed by atoms with Gasteiger partial charge in [-0.1, -0.05) is 48.5 Å². The van der Waals surface area contributed by atoms with E-state index in [9.17, 15) is 13.2 Å². The minimum absolute atomic E-state index is 0.0304. The maximum Gasteiger partial charge on any atom is 0.232 e. The highest BCUT2D eigenvalue weighted by atomic mass is 32.2. The molecule has 7 nitrogen and oxygen atoms in total. The third kappa shape index (κ3) is 3.68. The molecule has 2 heterocycles. The van der Waals surface area contributed by atoms with E-state index in [0.717, 1.165) is 35.3 Å². The molecule has 1 amide bonds. The van der Waals surface area contributed by atoms with E-state index in [0.29, 0.717) is 25.2 Å². The van der Waals surface area contributed by atoms with Gasteiger partial charge in [-0.15, -0.1) is 0 Å². The van der Waals surface area contributed by atoms with Gasteiger partial charge < -0.3 is 5.32 Å². The lowest BCUT2D eigenvalue weighted by Gasteiger charge is -2.37. The molecule has 1 aliphatic heterocycles. The number of nitrogens with one attached hydrogen (secondary N) is 2. The molecule has 1 fully saturated rings. The van der Waals surface area contributed by atoms with E-state index in [2.05, 4.69) is 15.5 Å². The van der Waals surface area contributed by atoms with Crippen LogP contribution in [0.15, 0.2) is 60.7 Å². The molecule has 2 aliphatic rings. The first-order valence-corrected chi connectivity index (χ1v) is 12.7. The lowest BCUT2D eigenvalue weighted by Crippen LogP contribution is -2.40. The van der Waals surface area contributed by atoms with E-state index in [-0.39, 0.29) is 17.2 Å². The number of sulfonamides is 1. The molecular weight excluding hydrogens is 424 g/mol. The highest BCUT2D eigenvalue weighted by molar-refractivity contribution is 7.92. The summed E-state index contributed by atoms with van der Waals surface area (Å²) in [6.07, 6.45) is 4.25. The van der Waals surface area contributed by atoms with Crippen LogP contribution < -0.4 is 9.62 Å². The number of rotatable bonds is 4. The maximum absolute atomic E-state index is 12.9. The first-order chi connectivity index (χ1) is 15.4. The Kier molecular flexibility index (Phi) is 5.04. The van der Waals surface area contributed by atoms with Crippen LogP contribution in [0.5, 0.6) is 0 Å². The molecule has 1 saturated carbocycles. The molecule has 32 heavy (non-hydrogen) atoms. The second kappa shape index (κ2) is 7.78. The molecule has 3 aromatic rings. The monoisotopic (exact) mass is 450 g/mol. The average molecular weight is 451 g/mol. The van der Waals surface area contributed by atoms with Gasteiger partial charge in [0.1, 0.15) is 0 Å². The number of amides is 1. The van der Waals surface area contributed by atoms with Crippen molar-refractivity contribution >= 4 is 27.4 Å². The molecule has 1 spiro atoms. The van der Waals surface area contributed by atoms with Gasteiger partial charge in [0.25, 0.3) is 0 Å². The predicted octanol–water partition coefficient (Wildman–Crippen LogP) is 3.92. The second-order valence-corrected chi connectivity index (χ2v) is 10.8. The summed E-state index contributed by atoms with van der Waals surface area (Å²) in [4.78, 5) is 12.9. The number of fused-ring (bicyclic) bond motifs is 2. The minimum Gasteiger partial charge on any atom is -0.309 e. The molecule has 1 aliphatic carbocycles. The fourth-order valence-corrected chi connectivity index (χ4v) is 6.12.